The van der Waals surface area contributed by atoms with Gasteiger partial charge >= 0.3 is 24.1 Å². The molecule has 7 nitrogen and oxygen atoms in total. The van der Waals surface area contributed by atoms with Gasteiger partial charge in [0.25, 0.3) is 0 Å². The first-order valence-corrected chi connectivity index (χ1v) is 5.69. The maximum Gasteiger partial charge on any atom is 0.490 e. The molecule has 122 valence electrons. The molecule has 10 heteroatoms. The molecule has 0 fully saturated rings. The van der Waals surface area contributed by atoms with Crippen molar-refractivity contribution in [3.05, 3.63) is 30.3 Å². The van der Waals surface area contributed by atoms with Gasteiger partial charge in [0, 0.05) is 5.69 Å². The fourth-order valence-electron chi connectivity index (χ4n) is 0.947. The highest BCUT2D eigenvalue weighted by molar-refractivity contribution is 5.92. The smallest absolute Gasteiger partial charge is 0.480 e. The average Bonchev–Trinajstić information content (AvgIpc) is 2.39. The van der Waals surface area contributed by atoms with E-state index in [1.807, 2.05) is 6.07 Å². The fourth-order valence-corrected chi connectivity index (χ4v) is 0.947. The Morgan fingerprint density at radius 2 is 1.55 bits per heavy atom. The first-order valence-electron chi connectivity index (χ1n) is 5.69. The average molecular weight is 322 g/mol. The first kappa shape index (κ1) is 19.2. The number of benzene rings is 1. The number of alkyl halides is 3. The van der Waals surface area contributed by atoms with Crippen LogP contribution in [0.5, 0.6) is 0 Å². The number of hydrogen-bond donors (Lipinski definition) is 4. The molecule has 0 bridgehead atoms. The van der Waals surface area contributed by atoms with Gasteiger partial charge in [-0.2, -0.15) is 13.2 Å². The number of anilines is 1. The summed E-state index contributed by atoms with van der Waals surface area (Å²) in [4.78, 5) is 30.6. The minimum absolute atomic E-state index is 0.531. The molecule has 1 aromatic carbocycles. The van der Waals surface area contributed by atoms with Crippen molar-refractivity contribution in [3.8, 4) is 0 Å². The third-order valence-corrected chi connectivity index (χ3v) is 1.99. The molecule has 2 amide bonds. The summed E-state index contributed by atoms with van der Waals surface area (Å²) < 4.78 is 31.7. The Morgan fingerprint density at radius 1 is 1.09 bits per heavy atom. The third-order valence-electron chi connectivity index (χ3n) is 1.99. The fraction of sp³-hybridized carbons (Fsp3) is 0.250. The second-order valence-corrected chi connectivity index (χ2v) is 3.83. The standard InChI is InChI=1S/C10H12N2O3.C2HF3O2/c1-7(9(13)14)11-10(15)12-8-5-3-2-4-6-8;3-2(4,5)1(6)7/h2-7H,1H3,(H,13,14)(H2,11,12,15);(H,6,7)/t7-;/m0./s1. The molecule has 0 unspecified atom stereocenters. The van der Waals surface area contributed by atoms with Crippen LogP contribution in [0.3, 0.4) is 0 Å². The summed E-state index contributed by atoms with van der Waals surface area (Å²) in [6, 6.07) is 7.36. The Labute approximate surface area is 122 Å². The molecular formula is C12H13F3N2O5. The van der Waals surface area contributed by atoms with Crippen LogP contribution in [0.15, 0.2) is 30.3 Å². The molecule has 0 aliphatic carbocycles. The quantitative estimate of drug-likeness (QED) is 0.678. The molecular weight excluding hydrogens is 309 g/mol. The Hall–Kier alpha value is -2.78. The predicted molar refractivity (Wildman–Crippen MR) is 69.4 cm³/mol. The lowest BCUT2D eigenvalue weighted by atomic mass is 10.3. The maximum absolute atomic E-state index is 11.2. The second-order valence-electron chi connectivity index (χ2n) is 3.83. The highest BCUT2D eigenvalue weighted by Crippen LogP contribution is 2.13. The molecule has 0 aliphatic rings. The summed E-state index contributed by atoms with van der Waals surface area (Å²) in [5.41, 5.74) is 0.618. The van der Waals surface area contributed by atoms with Crippen LogP contribution in [0.25, 0.3) is 0 Å². The van der Waals surface area contributed by atoms with E-state index in [0.717, 1.165) is 0 Å². The van der Waals surface area contributed by atoms with Crippen molar-refractivity contribution in [3.63, 3.8) is 0 Å². The van der Waals surface area contributed by atoms with Gasteiger partial charge in [-0.15, -0.1) is 0 Å². The molecule has 0 aliphatic heterocycles. The maximum atomic E-state index is 11.2. The van der Waals surface area contributed by atoms with Crippen molar-refractivity contribution in [1.29, 1.82) is 0 Å². The van der Waals surface area contributed by atoms with E-state index in [2.05, 4.69) is 10.6 Å². The second kappa shape index (κ2) is 8.49. The van der Waals surface area contributed by atoms with Crippen LogP contribution in [0.1, 0.15) is 6.92 Å². The number of hydrogen-bond acceptors (Lipinski definition) is 3. The zero-order valence-electron chi connectivity index (χ0n) is 11.2. The van der Waals surface area contributed by atoms with Gasteiger partial charge in [0.1, 0.15) is 6.04 Å². The third kappa shape index (κ3) is 8.40. The number of amides is 2. The number of aliphatic carboxylic acids is 2. The van der Waals surface area contributed by atoms with E-state index in [4.69, 9.17) is 15.0 Å². The molecule has 0 saturated heterocycles. The SMILES string of the molecule is C[C@H](NC(=O)Nc1ccccc1)C(=O)O.O=C(O)C(F)(F)F. The number of nitrogens with one attached hydrogen (secondary N) is 2. The Bertz CT molecular complexity index is 519. The Balaban J connectivity index is 0.000000534. The molecule has 0 aromatic heterocycles. The first-order chi connectivity index (χ1) is 10.0. The van der Waals surface area contributed by atoms with Gasteiger partial charge in [0.15, 0.2) is 0 Å². The molecule has 0 radical (unpaired) electrons. The van der Waals surface area contributed by atoms with Crippen LogP contribution in [0, 0.1) is 0 Å². The van der Waals surface area contributed by atoms with Gasteiger partial charge < -0.3 is 20.8 Å². The van der Waals surface area contributed by atoms with Crippen LogP contribution in [0.4, 0.5) is 23.7 Å². The number of halogens is 3. The van der Waals surface area contributed by atoms with E-state index >= 15 is 0 Å². The number of carboxylic acids is 2. The van der Waals surface area contributed by atoms with Crippen LogP contribution in [-0.2, 0) is 9.59 Å². The summed E-state index contributed by atoms with van der Waals surface area (Å²) in [6.45, 7) is 1.40. The number of urea groups is 1. The van der Waals surface area contributed by atoms with Crippen molar-refractivity contribution >= 4 is 23.7 Å². The molecule has 4 N–H and O–H groups in total. The number of carbonyl (C=O) groups excluding carboxylic acids is 1. The zero-order valence-corrected chi connectivity index (χ0v) is 11.2. The predicted octanol–water partition coefficient (Wildman–Crippen LogP) is 1.91. The van der Waals surface area contributed by atoms with E-state index in [9.17, 15) is 22.8 Å². The van der Waals surface area contributed by atoms with E-state index < -0.39 is 30.2 Å². The highest BCUT2D eigenvalue weighted by atomic mass is 19.4. The summed E-state index contributed by atoms with van der Waals surface area (Å²) in [5.74, 6) is -3.83. The van der Waals surface area contributed by atoms with E-state index in [-0.39, 0.29) is 0 Å². The van der Waals surface area contributed by atoms with Gasteiger partial charge in [0.05, 0.1) is 0 Å². The van der Waals surface area contributed by atoms with Crippen molar-refractivity contribution in [2.24, 2.45) is 0 Å². The summed E-state index contributed by atoms with van der Waals surface area (Å²) in [5, 5.41) is 20.5. The van der Waals surface area contributed by atoms with Gasteiger partial charge in [0.2, 0.25) is 0 Å². The normalized spacial score (nSPS) is 11.5. The summed E-state index contributed by atoms with van der Waals surface area (Å²) in [6.07, 6.45) is -5.08. The molecule has 22 heavy (non-hydrogen) atoms. The van der Waals surface area contributed by atoms with Crippen molar-refractivity contribution < 1.29 is 37.8 Å². The Morgan fingerprint density at radius 3 is 1.91 bits per heavy atom. The zero-order chi connectivity index (χ0) is 17.3. The van der Waals surface area contributed by atoms with E-state index in [1.165, 1.54) is 6.92 Å². The van der Waals surface area contributed by atoms with Crippen molar-refractivity contribution in [2.75, 3.05) is 5.32 Å². The minimum Gasteiger partial charge on any atom is -0.480 e. The minimum atomic E-state index is -5.08. The van der Waals surface area contributed by atoms with Crippen LogP contribution in [0.2, 0.25) is 0 Å². The van der Waals surface area contributed by atoms with Gasteiger partial charge in [-0.05, 0) is 19.1 Å². The number of carboxylic acid groups (broad SMARTS) is 2. The van der Waals surface area contributed by atoms with Crippen LogP contribution < -0.4 is 10.6 Å². The lowest BCUT2D eigenvalue weighted by Gasteiger charge is -2.10. The van der Waals surface area contributed by atoms with E-state index in [1.54, 1.807) is 24.3 Å². The largest absolute Gasteiger partial charge is 0.490 e. The van der Waals surface area contributed by atoms with Crippen LogP contribution >= 0.6 is 0 Å². The monoisotopic (exact) mass is 322 g/mol. The van der Waals surface area contributed by atoms with Gasteiger partial charge in [-0.25, -0.2) is 9.59 Å². The van der Waals surface area contributed by atoms with Crippen LogP contribution in [-0.4, -0.2) is 40.4 Å². The lowest BCUT2D eigenvalue weighted by Crippen LogP contribution is -2.40. The van der Waals surface area contributed by atoms with Gasteiger partial charge in [-0.1, -0.05) is 18.2 Å². The highest BCUT2D eigenvalue weighted by Gasteiger charge is 2.38. The topological polar surface area (TPSA) is 116 Å². The molecule has 1 aromatic rings. The molecule has 1 atom stereocenters. The summed E-state index contributed by atoms with van der Waals surface area (Å²) in [7, 11) is 0. The van der Waals surface area contributed by atoms with Crippen molar-refractivity contribution in [1.82, 2.24) is 5.32 Å². The summed E-state index contributed by atoms with van der Waals surface area (Å²) >= 11 is 0. The number of carbonyl (C=O) groups is 3. The molecule has 0 spiro atoms. The molecule has 0 heterocycles. The number of rotatable bonds is 3. The van der Waals surface area contributed by atoms with Crippen molar-refractivity contribution in [2.45, 2.75) is 19.1 Å². The Kier molecular flexibility index (Phi) is 7.42. The molecule has 1 rings (SSSR count). The lowest BCUT2D eigenvalue weighted by molar-refractivity contribution is -0.192. The molecule has 0 saturated carbocycles. The van der Waals surface area contributed by atoms with Gasteiger partial charge in [-0.3, -0.25) is 4.79 Å². The number of para-hydroxylation sites is 1. The van der Waals surface area contributed by atoms with E-state index in [0.29, 0.717) is 5.69 Å².